The first-order valence-electron chi connectivity index (χ1n) is 8.91. The van der Waals surface area contributed by atoms with Gasteiger partial charge in [-0.05, 0) is 44.0 Å². The molecule has 1 heterocycles. The third-order valence-electron chi connectivity index (χ3n) is 4.35. The van der Waals surface area contributed by atoms with Crippen molar-refractivity contribution in [2.24, 2.45) is 5.41 Å². The van der Waals surface area contributed by atoms with Gasteiger partial charge in [0.25, 0.3) is 5.91 Å². The van der Waals surface area contributed by atoms with Gasteiger partial charge in [0.05, 0.1) is 6.54 Å². The zero-order chi connectivity index (χ0) is 19.9. The Hall–Kier alpha value is -2.37. The predicted molar refractivity (Wildman–Crippen MR) is 104 cm³/mol. The van der Waals surface area contributed by atoms with Crippen LogP contribution in [0.25, 0.3) is 0 Å². The van der Waals surface area contributed by atoms with Gasteiger partial charge in [-0.1, -0.05) is 20.8 Å². The number of aryl methyl sites for hydroxylation is 1. The van der Waals surface area contributed by atoms with E-state index in [4.69, 9.17) is 0 Å². The maximum absolute atomic E-state index is 12.4. The minimum absolute atomic E-state index is 0.0720. The molecule has 6 heteroatoms. The van der Waals surface area contributed by atoms with Gasteiger partial charge in [-0.2, -0.15) is 0 Å². The highest BCUT2D eigenvalue weighted by Gasteiger charge is 2.22. The molecular formula is C20H31N3O3. The van der Waals surface area contributed by atoms with E-state index >= 15 is 0 Å². The highest BCUT2D eigenvalue weighted by Crippen LogP contribution is 2.17. The average molecular weight is 361 g/mol. The number of anilines is 1. The third-order valence-corrected chi connectivity index (χ3v) is 4.35. The van der Waals surface area contributed by atoms with E-state index in [9.17, 15) is 14.4 Å². The Labute approximate surface area is 156 Å². The number of benzene rings is 1. The second-order valence-electron chi connectivity index (χ2n) is 7.52. The molecule has 1 aliphatic heterocycles. The number of carbonyl (C=O) groups excluding carboxylic acids is 3. The van der Waals surface area contributed by atoms with E-state index in [1.54, 1.807) is 11.8 Å². The number of rotatable bonds is 2. The number of hydrogen-bond acceptors (Lipinski definition) is 4. The zero-order valence-electron chi connectivity index (χ0n) is 16.7. The lowest BCUT2D eigenvalue weighted by Gasteiger charge is -2.20. The molecule has 0 atom stereocenters. The summed E-state index contributed by atoms with van der Waals surface area (Å²) in [6, 6.07) is 5.62. The predicted octanol–water partition coefficient (Wildman–Crippen LogP) is 2.62. The van der Waals surface area contributed by atoms with E-state index in [1.807, 2.05) is 52.9 Å². The fraction of sp³-hybridized carbons (Fsp3) is 0.550. The Morgan fingerprint density at radius 2 is 1.85 bits per heavy atom. The molecular weight excluding hydrogens is 330 g/mol. The quantitative estimate of drug-likeness (QED) is 0.849. The normalized spacial score (nSPS) is 14.5. The topological polar surface area (TPSA) is 78.5 Å². The maximum atomic E-state index is 12.4. The van der Waals surface area contributed by atoms with Crippen LogP contribution in [-0.4, -0.2) is 49.2 Å². The first-order chi connectivity index (χ1) is 12.1. The SMILES string of the molecule is CC(=O)C(C)(C)C.CNc1ccc(C(=O)N2CCCNC(=O)C2)c(C)c1. The van der Waals surface area contributed by atoms with Crippen LogP contribution in [0.5, 0.6) is 0 Å². The van der Waals surface area contributed by atoms with Gasteiger partial charge in [0.15, 0.2) is 0 Å². The monoisotopic (exact) mass is 361 g/mol. The summed E-state index contributed by atoms with van der Waals surface area (Å²) in [5, 5.41) is 5.81. The van der Waals surface area contributed by atoms with Gasteiger partial charge < -0.3 is 15.5 Å². The van der Waals surface area contributed by atoms with Crippen molar-refractivity contribution in [3.63, 3.8) is 0 Å². The van der Waals surface area contributed by atoms with Gasteiger partial charge in [0, 0.05) is 36.8 Å². The van der Waals surface area contributed by atoms with Crippen molar-refractivity contribution in [2.75, 3.05) is 32.0 Å². The van der Waals surface area contributed by atoms with Crippen molar-refractivity contribution in [1.82, 2.24) is 10.2 Å². The number of ketones is 1. The second-order valence-corrected chi connectivity index (χ2v) is 7.52. The molecule has 2 rings (SSSR count). The summed E-state index contributed by atoms with van der Waals surface area (Å²) in [5.41, 5.74) is 2.41. The van der Waals surface area contributed by atoms with Gasteiger partial charge in [-0.25, -0.2) is 0 Å². The lowest BCUT2D eigenvalue weighted by atomic mass is 9.92. The average Bonchev–Trinajstić information content (AvgIpc) is 2.78. The molecule has 1 aromatic carbocycles. The van der Waals surface area contributed by atoms with Crippen LogP contribution in [0, 0.1) is 12.3 Å². The fourth-order valence-electron chi connectivity index (χ4n) is 2.21. The summed E-state index contributed by atoms with van der Waals surface area (Å²) in [6.45, 7) is 10.7. The van der Waals surface area contributed by atoms with Crippen LogP contribution in [0.15, 0.2) is 18.2 Å². The Morgan fingerprint density at radius 3 is 2.35 bits per heavy atom. The summed E-state index contributed by atoms with van der Waals surface area (Å²) >= 11 is 0. The van der Waals surface area contributed by atoms with Crippen molar-refractivity contribution >= 4 is 23.3 Å². The van der Waals surface area contributed by atoms with Crippen molar-refractivity contribution in [3.05, 3.63) is 29.3 Å². The van der Waals surface area contributed by atoms with Crippen LogP contribution in [-0.2, 0) is 9.59 Å². The van der Waals surface area contributed by atoms with Crippen LogP contribution in [0.3, 0.4) is 0 Å². The molecule has 0 unspecified atom stereocenters. The number of nitrogens with zero attached hydrogens (tertiary/aromatic N) is 1. The Balaban J connectivity index is 0.000000412. The van der Waals surface area contributed by atoms with Crippen LogP contribution >= 0.6 is 0 Å². The molecule has 0 radical (unpaired) electrons. The molecule has 1 fully saturated rings. The molecule has 0 aromatic heterocycles. The summed E-state index contributed by atoms with van der Waals surface area (Å²) in [6.07, 6.45) is 0.797. The molecule has 1 saturated heterocycles. The lowest BCUT2D eigenvalue weighted by Crippen LogP contribution is -2.37. The number of amides is 2. The minimum atomic E-state index is -0.139. The summed E-state index contributed by atoms with van der Waals surface area (Å²) in [7, 11) is 1.84. The molecule has 0 saturated carbocycles. The summed E-state index contributed by atoms with van der Waals surface area (Å²) in [5.74, 6) is 0.0834. The van der Waals surface area contributed by atoms with Crippen molar-refractivity contribution in [1.29, 1.82) is 0 Å². The van der Waals surface area contributed by atoms with Gasteiger partial charge in [-0.3, -0.25) is 14.4 Å². The van der Waals surface area contributed by atoms with E-state index in [2.05, 4.69) is 10.6 Å². The first kappa shape index (κ1) is 21.7. The Morgan fingerprint density at radius 1 is 1.23 bits per heavy atom. The van der Waals surface area contributed by atoms with E-state index < -0.39 is 0 Å². The van der Waals surface area contributed by atoms with Crippen LogP contribution in [0.1, 0.15) is 50.0 Å². The number of Topliss-reactive ketones (excluding diaryl/α,β-unsaturated/α-hetero) is 1. The first-order valence-corrected chi connectivity index (χ1v) is 8.91. The van der Waals surface area contributed by atoms with E-state index in [0.717, 1.165) is 17.7 Å². The lowest BCUT2D eigenvalue weighted by molar-refractivity contribution is -0.124. The van der Waals surface area contributed by atoms with Gasteiger partial charge >= 0.3 is 0 Å². The smallest absolute Gasteiger partial charge is 0.254 e. The second kappa shape index (κ2) is 9.36. The molecule has 144 valence electrons. The molecule has 26 heavy (non-hydrogen) atoms. The molecule has 2 N–H and O–H groups in total. The molecule has 2 amide bonds. The summed E-state index contributed by atoms with van der Waals surface area (Å²) < 4.78 is 0. The number of nitrogens with one attached hydrogen (secondary N) is 2. The van der Waals surface area contributed by atoms with Gasteiger partial charge in [-0.15, -0.1) is 0 Å². The van der Waals surface area contributed by atoms with Crippen molar-refractivity contribution in [3.8, 4) is 0 Å². The van der Waals surface area contributed by atoms with E-state index in [0.29, 0.717) is 18.7 Å². The zero-order valence-corrected chi connectivity index (χ0v) is 16.7. The molecule has 6 nitrogen and oxygen atoms in total. The fourth-order valence-corrected chi connectivity index (χ4v) is 2.21. The third kappa shape index (κ3) is 6.50. The van der Waals surface area contributed by atoms with Crippen LogP contribution in [0.4, 0.5) is 5.69 Å². The highest BCUT2D eigenvalue weighted by atomic mass is 16.2. The highest BCUT2D eigenvalue weighted by molar-refractivity contribution is 5.98. The standard InChI is InChI=1S/C14H19N3O2.C6H12O/c1-10-8-11(15-2)4-5-12(10)14(19)17-7-3-6-16-13(18)9-17;1-5(7)6(2,3)4/h4-5,8,15H,3,6-7,9H2,1-2H3,(H,16,18);1-4H3. The van der Waals surface area contributed by atoms with Crippen LogP contribution in [0.2, 0.25) is 0 Å². The Bertz CT molecular complexity index is 663. The maximum Gasteiger partial charge on any atom is 0.254 e. The van der Waals surface area contributed by atoms with Gasteiger partial charge in [0.1, 0.15) is 5.78 Å². The minimum Gasteiger partial charge on any atom is -0.388 e. The molecule has 0 bridgehead atoms. The summed E-state index contributed by atoms with van der Waals surface area (Å²) in [4.78, 5) is 36.0. The van der Waals surface area contributed by atoms with Crippen LogP contribution < -0.4 is 10.6 Å². The molecule has 0 spiro atoms. The molecule has 0 aliphatic carbocycles. The molecule has 1 aliphatic rings. The Kier molecular flexibility index (Phi) is 7.80. The van der Waals surface area contributed by atoms with Gasteiger partial charge in [0.2, 0.25) is 5.91 Å². The van der Waals surface area contributed by atoms with E-state index in [1.165, 1.54) is 0 Å². The van der Waals surface area contributed by atoms with Crippen molar-refractivity contribution in [2.45, 2.75) is 41.0 Å². The number of hydrogen-bond donors (Lipinski definition) is 2. The van der Waals surface area contributed by atoms with Crippen molar-refractivity contribution < 1.29 is 14.4 Å². The van der Waals surface area contributed by atoms with E-state index in [-0.39, 0.29) is 29.6 Å². The number of carbonyl (C=O) groups is 3. The molecule has 1 aromatic rings. The largest absolute Gasteiger partial charge is 0.388 e.